The van der Waals surface area contributed by atoms with Crippen LogP contribution in [-0.4, -0.2) is 29.9 Å². The normalized spacial score (nSPS) is 15.9. The lowest BCUT2D eigenvalue weighted by Gasteiger charge is -2.27. The number of nitrogens with zero attached hydrogens (tertiary/aromatic N) is 1. The summed E-state index contributed by atoms with van der Waals surface area (Å²) in [6.45, 7) is 4.47. The van der Waals surface area contributed by atoms with E-state index in [-0.39, 0.29) is 17.7 Å². The number of amides is 4. The average molecular weight is 514 g/mol. The van der Waals surface area contributed by atoms with E-state index in [1.54, 1.807) is 4.90 Å². The van der Waals surface area contributed by atoms with Crippen molar-refractivity contribution in [3.63, 3.8) is 0 Å². The highest BCUT2D eigenvalue weighted by Gasteiger charge is 2.32. The number of carbonyl (C=O) groups excluding carboxylic acids is 3. The van der Waals surface area contributed by atoms with Crippen LogP contribution in [0.3, 0.4) is 0 Å². The van der Waals surface area contributed by atoms with Crippen LogP contribution < -0.4 is 27.0 Å². The van der Waals surface area contributed by atoms with Crippen molar-refractivity contribution in [2.75, 3.05) is 4.90 Å². The van der Waals surface area contributed by atoms with E-state index in [2.05, 4.69) is 10.6 Å². The van der Waals surface area contributed by atoms with E-state index in [1.807, 2.05) is 86.6 Å². The summed E-state index contributed by atoms with van der Waals surface area (Å²) in [7, 11) is 0. The van der Waals surface area contributed by atoms with Crippen molar-refractivity contribution in [3.8, 4) is 11.1 Å². The number of urea groups is 1. The molecule has 0 aliphatic carbocycles. The Hall–Kier alpha value is -4.17. The Morgan fingerprint density at radius 3 is 2.39 bits per heavy atom. The van der Waals surface area contributed by atoms with Crippen LogP contribution in [0.5, 0.6) is 0 Å². The van der Waals surface area contributed by atoms with Crippen molar-refractivity contribution in [2.24, 2.45) is 17.4 Å². The molecule has 0 spiro atoms. The Morgan fingerprint density at radius 2 is 1.68 bits per heavy atom. The maximum Gasteiger partial charge on any atom is 0.312 e. The summed E-state index contributed by atoms with van der Waals surface area (Å²) in [5.74, 6) is -0.483. The first-order valence-corrected chi connectivity index (χ1v) is 12.9. The topological polar surface area (TPSA) is 131 Å². The molecule has 6 N–H and O–H groups in total. The van der Waals surface area contributed by atoms with Crippen LogP contribution in [0, 0.1) is 5.92 Å². The van der Waals surface area contributed by atoms with Crippen LogP contribution >= 0.6 is 0 Å². The van der Waals surface area contributed by atoms with Crippen LogP contribution in [0.2, 0.25) is 0 Å². The first kappa shape index (κ1) is 26.9. The van der Waals surface area contributed by atoms with Crippen molar-refractivity contribution in [1.82, 2.24) is 10.6 Å². The van der Waals surface area contributed by atoms with E-state index in [0.29, 0.717) is 25.9 Å². The quantitative estimate of drug-likeness (QED) is 0.367. The molecule has 0 radical (unpaired) electrons. The fourth-order valence-corrected chi connectivity index (χ4v) is 4.69. The third kappa shape index (κ3) is 6.20. The summed E-state index contributed by atoms with van der Waals surface area (Å²) in [5.41, 5.74) is 17.1. The van der Waals surface area contributed by atoms with Crippen LogP contribution in [-0.2, 0) is 29.1 Å². The number of hydrogen-bond donors (Lipinski definition) is 4. The van der Waals surface area contributed by atoms with Gasteiger partial charge in [-0.3, -0.25) is 9.59 Å². The van der Waals surface area contributed by atoms with E-state index >= 15 is 0 Å². The second kappa shape index (κ2) is 11.9. The number of nitrogens with one attached hydrogen (secondary N) is 2. The van der Waals surface area contributed by atoms with Gasteiger partial charge in [0, 0.05) is 12.2 Å². The summed E-state index contributed by atoms with van der Waals surface area (Å²) in [6, 6.07) is 21.8. The number of carbonyl (C=O) groups is 3. The molecular formula is C30H35N5O3. The number of aryl methyl sites for hydroxylation is 1. The molecule has 8 nitrogen and oxygen atoms in total. The van der Waals surface area contributed by atoms with Gasteiger partial charge in [0.05, 0.1) is 12.6 Å². The lowest BCUT2D eigenvalue weighted by Crippen LogP contribution is -2.53. The van der Waals surface area contributed by atoms with Gasteiger partial charge in [-0.25, -0.2) is 4.79 Å². The van der Waals surface area contributed by atoms with Gasteiger partial charge in [0.25, 0.3) is 0 Å². The standard InChI is InChI=1S/C30H35N5O3/c1-19(2)27(31)28(36)34-25-16-15-22-7-4-6-10-26(22)35(29(25)37)18-20-11-13-21(14-12-20)24-9-5-3-8-23(24)17-33-30(32)38/h3-14,19,25,27H,15-18,31H2,1-2H3,(H,34,36)(H3,32,33,38)/t25-,27?/m1/s1. The molecule has 1 heterocycles. The zero-order valence-corrected chi connectivity index (χ0v) is 21.8. The second-order valence-electron chi connectivity index (χ2n) is 9.99. The number of primary amides is 1. The van der Waals surface area contributed by atoms with Crippen molar-refractivity contribution >= 4 is 23.5 Å². The third-order valence-corrected chi connectivity index (χ3v) is 6.96. The molecule has 198 valence electrons. The highest BCUT2D eigenvalue weighted by atomic mass is 16.2. The Bertz CT molecular complexity index is 1310. The van der Waals surface area contributed by atoms with Crippen molar-refractivity contribution in [2.45, 2.75) is 51.9 Å². The summed E-state index contributed by atoms with van der Waals surface area (Å²) >= 11 is 0. The fraction of sp³-hybridized carbons (Fsp3) is 0.300. The first-order valence-electron chi connectivity index (χ1n) is 12.9. The van der Waals surface area contributed by atoms with E-state index in [1.165, 1.54) is 0 Å². The summed E-state index contributed by atoms with van der Waals surface area (Å²) in [5, 5.41) is 5.55. The molecule has 0 saturated carbocycles. The fourth-order valence-electron chi connectivity index (χ4n) is 4.69. The number of anilines is 1. The molecule has 0 fully saturated rings. The summed E-state index contributed by atoms with van der Waals surface area (Å²) in [4.78, 5) is 39.4. The van der Waals surface area contributed by atoms with E-state index < -0.39 is 18.1 Å². The van der Waals surface area contributed by atoms with E-state index in [4.69, 9.17) is 11.5 Å². The largest absolute Gasteiger partial charge is 0.352 e. The van der Waals surface area contributed by atoms with Crippen LogP contribution in [0.1, 0.15) is 37.0 Å². The molecule has 0 bridgehead atoms. The maximum atomic E-state index is 13.7. The molecule has 3 aromatic rings. The molecule has 4 rings (SSSR count). The highest BCUT2D eigenvalue weighted by Crippen LogP contribution is 2.30. The third-order valence-electron chi connectivity index (χ3n) is 6.96. The monoisotopic (exact) mass is 513 g/mol. The smallest absolute Gasteiger partial charge is 0.312 e. The Balaban J connectivity index is 1.57. The Labute approximate surface area is 223 Å². The molecule has 3 aromatic carbocycles. The number of rotatable bonds is 8. The lowest BCUT2D eigenvalue weighted by atomic mass is 9.98. The number of benzene rings is 3. The number of nitrogens with two attached hydrogens (primary N) is 2. The molecule has 1 unspecified atom stereocenters. The zero-order valence-electron chi connectivity index (χ0n) is 21.8. The molecule has 1 aliphatic rings. The number of fused-ring (bicyclic) bond motifs is 1. The molecule has 0 saturated heterocycles. The van der Waals surface area contributed by atoms with Gasteiger partial charge in [0.1, 0.15) is 6.04 Å². The van der Waals surface area contributed by atoms with Gasteiger partial charge < -0.3 is 27.0 Å². The zero-order chi connectivity index (χ0) is 27.2. The Morgan fingerprint density at radius 1 is 1.00 bits per heavy atom. The first-order chi connectivity index (χ1) is 18.2. The molecule has 2 atom stereocenters. The molecule has 0 aromatic heterocycles. The predicted octanol–water partition coefficient (Wildman–Crippen LogP) is 3.47. The molecule has 8 heteroatoms. The van der Waals surface area contributed by atoms with E-state index in [9.17, 15) is 14.4 Å². The molecule has 1 aliphatic heterocycles. The van der Waals surface area contributed by atoms with Gasteiger partial charge in [0.15, 0.2) is 0 Å². The van der Waals surface area contributed by atoms with E-state index in [0.717, 1.165) is 33.5 Å². The van der Waals surface area contributed by atoms with Crippen LogP contribution in [0.4, 0.5) is 10.5 Å². The second-order valence-corrected chi connectivity index (χ2v) is 9.99. The molecule has 4 amide bonds. The van der Waals surface area contributed by atoms with Gasteiger partial charge in [0.2, 0.25) is 11.8 Å². The van der Waals surface area contributed by atoms with Gasteiger partial charge >= 0.3 is 6.03 Å². The predicted molar refractivity (Wildman–Crippen MR) is 149 cm³/mol. The summed E-state index contributed by atoms with van der Waals surface area (Å²) in [6.07, 6.45) is 1.19. The average Bonchev–Trinajstić information content (AvgIpc) is 3.04. The molecule has 38 heavy (non-hydrogen) atoms. The van der Waals surface area contributed by atoms with Crippen molar-refractivity contribution in [3.05, 3.63) is 89.5 Å². The SMILES string of the molecule is CC(C)C(N)C(=O)N[C@@H]1CCc2ccccc2N(Cc2ccc(-c3ccccc3CNC(N)=O)cc2)C1=O. The minimum absolute atomic E-state index is 0.0283. The molecular weight excluding hydrogens is 478 g/mol. The number of para-hydroxylation sites is 1. The Kier molecular flexibility index (Phi) is 8.43. The highest BCUT2D eigenvalue weighted by molar-refractivity contribution is 6.01. The van der Waals surface area contributed by atoms with Crippen LogP contribution in [0.25, 0.3) is 11.1 Å². The van der Waals surface area contributed by atoms with Crippen LogP contribution in [0.15, 0.2) is 72.8 Å². The van der Waals surface area contributed by atoms with Crippen molar-refractivity contribution in [1.29, 1.82) is 0 Å². The minimum Gasteiger partial charge on any atom is -0.352 e. The minimum atomic E-state index is -0.671. The van der Waals surface area contributed by atoms with Gasteiger partial charge in [-0.1, -0.05) is 80.6 Å². The summed E-state index contributed by atoms with van der Waals surface area (Å²) < 4.78 is 0. The lowest BCUT2D eigenvalue weighted by molar-refractivity contribution is -0.129. The van der Waals surface area contributed by atoms with Gasteiger partial charge in [-0.2, -0.15) is 0 Å². The van der Waals surface area contributed by atoms with Crippen molar-refractivity contribution < 1.29 is 14.4 Å². The van der Waals surface area contributed by atoms with Gasteiger partial charge in [-0.05, 0) is 52.6 Å². The van der Waals surface area contributed by atoms with Gasteiger partial charge in [-0.15, -0.1) is 0 Å². The maximum absolute atomic E-state index is 13.7. The number of hydrogen-bond acceptors (Lipinski definition) is 4.